The van der Waals surface area contributed by atoms with E-state index in [4.69, 9.17) is 4.42 Å². The predicted molar refractivity (Wildman–Crippen MR) is 89.2 cm³/mol. The van der Waals surface area contributed by atoms with Crippen molar-refractivity contribution in [1.29, 1.82) is 0 Å². The lowest BCUT2D eigenvalue weighted by atomic mass is 9.97. The molecular weight excluding hydrogens is 334 g/mol. The van der Waals surface area contributed by atoms with E-state index in [9.17, 15) is 18.0 Å². The highest BCUT2D eigenvalue weighted by molar-refractivity contribution is 7.88. The Bertz CT molecular complexity index is 936. The summed E-state index contributed by atoms with van der Waals surface area (Å²) in [6.07, 6.45) is 2.15. The molecular formula is C15H19N3O5S. The van der Waals surface area contributed by atoms with Gasteiger partial charge in [0.1, 0.15) is 0 Å². The predicted octanol–water partition coefficient (Wildman–Crippen LogP) is 0.742. The van der Waals surface area contributed by atoms with Gasteiger partial charge in [-0.2, -0.15) is 0 Å². The second-order valence-electron chi connectivity index (χ2n) is 6.04. The molecule has 2 aromatic rings. The molecule has 2 heterocycles. The maximum Gasteiger partial charge on any atom is 0.419 e. The highest BCUT2D eigenvalue weighted by Gasteiger charge is 2.29. The van der Waals surface area contributed by atoms with Crippen LogP contribution in [0.15, 0.2) is 27.4 Å². The third-order valence-electron chi connectivity index (χ3n) is 4.35. The van der Waals surface area contributed by atoms with Crippen LogP contribution in [0.25, 0.3) is 11.1 Å². The number of benzene rings is 1. The van der Waals surface area contributed by atoms with Crippen LogP contribution in [-0.2, 0) is 21.9 Å². The van der Waals surface area contributed by atoms with E-state index in [1.165, 1.54) is 15.1 Å². The fourth-order valence-electron chi connectivity index (χ4n) is 2.91. The Morgan fingerprint density at radius 3 is 2.58 bits per heavy atom. The van der Waals surface area contributed by atoms with E-state index in [-0.39, 0.29) is 11.8 Å². The van der Waals surface area contributed by atoms with Gasteiger partial charge in [-0.15, -0.1) is 0 Å². The number of sulfonamides is 1. The number of nitrogens with zero attached hydrogens (tertiary/aromatic N) is 2. The van der Waals surface area contributed by atoms with Crippen LogP contribution in [-0.4, -0.2) is 42.5 Å². The summed E-state index contributed by atoms with van der Waals surface area (Å²) in [5.41, 5.74) is 1.61. The lowest BCUT2D eigenvalue weighted by molar-refractivity contribution is -0.120. The first-order valence-electron chi connectivity index (χ1n) is 7.61. The van der Waals surface area contributed by atoms with E-state index < -0.39 is 15.8 Å². The summed E-state index contributed by atoms with van der Waals surface area (Å²) in [4.78, 5) is 23.8. The maximum absolute atomic E-state index is 12.4. The minimum absolute atomic E-state index is 0.152. The van der Waals surface area contributed by atoms with Crippen LogP contribution in [0.5, 0.6) is 0 Å². The van der Waals surface area contributed by atoms with E-state index >= 15 is 0 Å². The van der Waals surface area contributed by atoms with Gasteiger partial charge in [-0.25, -0.2) is 17.5 Å². The van der Waals surface area contributed by atoms with Crippen LogP contribution in [0, 0.1) is 5.92 Å². The number of carbonyl (C=O) groups excluding carboxylic acids is 1. The molecule has 1 N–H and O–H groups in total. The van der Waals surface area contributed by atoms with Gasteiger partial charge < -0.3 is 9.73 Å². The number of aromatic nitrogens is 1. The van der Waals surface area contributed by atoms with Gasteiger partial charge in [-0.3, -0.25) is 9.36 Å². The first-order valence-corrected chi connectivity index (χ1v) is 9.46. The van der Waals surface area contributed by atoms with E-state index in [1.54, 1.807) is 25.2 Å². The number of hydrogen-bond donors (Lipinski definition) is 1. The zero-order chi connectivity index (χ0) is 17.5. The van der Waals surface area contributed by atoms with E-state index in [1.807, 2.05) is 0 Å². The second kappa shape index (κ2) is 6.06. The molecule has 1 aliphatic heterocycles. The lowest BCUT2D eigenvalue weighted by Crippen LogP contribution is -2.40. The molecule has 24 heavy (non-hydrogen) atoms. The Balaban J connectivity index is 1.68. The molecule has 1 saturated heterocycles. The van der Waals surface area contributed by atoms with Crippen molar-refractivity contribution in [1.82, 2.24) is 8.87 Å². The molecule has 1 aromatic heterocycles. The SMILES string of the molecule is Cn1c(=O)oc2cc(NC(=O)C3CCN(S(C)(=O)=O)CC3)ccc21. The molecule has 0 saturated carbocycles. The number of oxazole rings is 1. The van der Waals surface area contributed by atoms with Crippen LogP contribution in [0.4, 0.5) is 5.69 Å². The zero-order valence-electron chi connectivity index (χ0n) is 13.5. The van der Waals surface area contributed by atoms with Crippen molar-refractivity contribution < 1.29 is 17.6 Å². The van der Waals surface area contributed by atoms with Gasteiger partial charge in [0.2, 0.25) is 15.9 Å². The van der Waals surface area contributed by atoms with E-state index in [2.05, 4.69) is 5.32 Å². The minimum Gasteiger partial charge on any atom is -0.408 e. The number of piperidine rings is 1. The lowest BCUT2D eigenvalue weighted by Gasteiger charge is -2.29. The smallest absolute Gasteiger partial charge is 0.408 e. The van der Waals surface area contributed by atoms with Crippen molar-refractivity contribution in [3.8, 4) is 0 Å². The summed E-state index contributed by atoms with van der Waals surface area (Å²) in [6, 6.07) is 5.03. The standard InChI is InChI=1S/C15H19N3O5S/c1-17-12-4-3-11(9-13(12)23-15(17)20)16-14(19)10-5-7-18(8-6-10)24(2,21)22/h3-4,9-10H,5-8H2,1-2H3,(H,16,19). The molecule has 0 atom stereocenters. The van der Waals surface area contributed by atoms with Crippen molar-refractivity contribution in [2.45, 2.75) is 12.8 Å². The van der Waals surface area contributed by atoms with Crippen LogP contribution in [0.1, 0.15) is 12.8 Å². The van der Waals surface area contributed by atoms with Gasteiger partial charge >= 0.3 is 5.76 Å². The summed E-state index contributed by atoms with van der Waals surface area (Å²) in [7, 11) is -1.59. The summed E-state index contributed by atoms with van der Waals surface area (Å²) in [5.74, 6) is -0.844. The number of amides is 1. The summed E-state index contributed by atoms with van der Waals surface area (Å²) in [6.45, 7) is 0.701. The van der Waals surface area contributed by atoms with Gasteiger partial charge in [0, 0.05) is 37.8 Å². The highest BCUT2D eigenvalue weighted by Crippen LogP contribution is 2.22. The number of rotatable bonds is 3. The van der Waals surface area contributed by atoms with Crippen molar-refractivity contribution in [3.05, 3.63) is 28.7 Å². The molecule has 3 rings (SSSR count). The Labute approximate surface area is 139 Å². The molecule has 0 radical (unpaired) electrons. The summed E-state index contributed by atoms with van der Waals surface area (Å²) < 4.78 is 30.9. The molecule has 0 bridgehead atoms. The monoisotopic (exact) mass is 353 g/mol. The van der Waals surface area contributed by atoms with Crippen LogP contribution in [0.3, 0.4) is 0 Å². The Morgan fingerprint density at radius 1 is 1.29 bits per heavy atom. The van der Waals surface area contributed by atoms with Crippen molar-refractivity contribution in [3.63, 3.8) is 0 Å². The molecule has 8 nitrogen and oxygen atoms in total. The van der Waals surface area contributed by atoms with Crippen molar-refractivity contribution in [2.24, 2.45) is 13.0 Å². The molecule has 1 amide bonds. The minimum atomic E-state index is -3.20. The first-order chi connectivity index (χ1) is 11.3. The van der Waals surface area contributed by atoms with Crippen LogP contribution >= 0.6 is 0 Å². The van der Waals surface area contributed by atoms with Crippen molar-refractivity contribution in [2.75, 3.05) is 24.7 Å². The number of fused-ring (bicyclic) bond motifs is 1. The summed E-state index contributed by atoms with van der Waals surface area (Å²) >= 11 is 0. The molecule has 1 aromatic carbocycles. The molecule has 1 aliphatic rings. The summed E-state index contributed by atoms with van der Waals surface area (Å²) in [5, 5.41) is 2.81. The topological polar surface area (TPSA) is 102 Å². The number of carbonyl (C=O) groups is 1. The largest absolute Gasteiger partial charge is 0.419 e. The fourth-order valence-corrected chi connectivity index (χ4v) is 3.78. The van der Waals surface area contributed by atoms with Gasteiger partial charge in [-0.05, 0) is 25.0 Å². The van der Waals surface area contributed by atoms with E-state index in [0.717, 1.165) is 0 Å². The Hall–Kier alpha value is -2.13. The number of hydrogen-bond acceptors (Lipinski definition) is 5. The van der Waals surface area contributed by atoms with Crippen LogP contribution < -0.4 is 11.1 Å². The number of aryl methyl sites for hydroxylation is 1. The second-order valence-corrected chi connectivity index (χ2v) is 8.02. The molecule has 130 valence electrons. The average Bonchev–Trinajstić information content (AvgIpc) is 2.81. The van der Waals surface area contributed by atoms with Gasteiger partial charge in [0.05, 0.1) is 11.8 Å². The molecule has 0 aliphatic carbocycles. The number of nitrogens with one attached hydrogen (secondary N) is 1. The van der Waals surface area contributed by atoms with Crippen LogP contribution in [0.2, 0.25) is 0 Å². The molecule has 1 fully saturated rings. The quantitative estimate of drug-likeness (QED) is 0.877. The molecule has 0 unspecified atom stereocenters. The fraction of sp³-hybridized carbons (Fsp3) is 0.467. The molecule has 0 spiro atoms. The van der Waals surface area contributed by atoms with Gasteiger partial charge in [0.25, 0.3) is 0 Å². The third kappa shape index (κ3) is 3.22. The van der Waals surface area contributed by atoms with Crippen molar-refractivity contribution >= 4 is 32.7 Å². The van der Waals surface area contributed by atoms with E-state index in [0.29, 0.717) is 42.7 Å². The van der Waals surface area contributed by atoms with Gasteiger partial charge in [0.15, 0.2) is 5.58 Å². The number of anilines is 1. The normalized spacial score (nSPS) is 17.2. The third-order valence-corrected chi connectivity index (χ3v) is 5.66. The molecule has 9 heteroatoms. The average molecular weight is 353 g/mol. The Morgan fingerprint density at radius 2 is 1.96 bits per heavy atom. The maximum atomic E-state index is 12.4. The highest BCUT2D eigenvalue weighted by atomic mass is 32.2. The van der Waals surface area contributed by atoms with Gasteiger partial charge in [-0.1, -0.05) is 0 Å². The first kappa shape index (κ1) is 16.7. The zero-order valence-corrected chi connectivity index (χ0v) is 14.3. The Kier molecular flexibility index (Phi) is 4.22.